The second-order valence-electron chi connectivity index (χ2n) is 8.25. The fourth-order valence-electron chi connectivity index (χ4n) is 4.93. The summed E-state index contributed by atoms with van der Waals surface area (Å²) >= 11 is 0. The molecule has 2 heterocycles. The van der Waals surface area contributed by atoms with Crippen molar-refractivity contribution in [2.24, 2.45) is 13.0 Å². The van der Waals surface area contributed by atoms with Crippen LogP contribution in [0.4, 0.5) is 0 Å². The van der Waals surface area contributed by atoms with Gasteiger partial charge in [-0.15, -0.1) is 0 Å². The molecule has 1 unspecified atom stereocenters. The van der Waals surface area contributed by atoms with E-state index in [9.17, 15) is 4.79 Å². The summed E-state index contributed by atoms with van der Waals surface area (Å²) in [6.45, 7) is 2.94. The summed E-state index contributed by atoms with van der Waals surface area (Å²) in [6.07, 6.45) is 12.4. The predicted octanol–water partition coefficient (Wildman–Crippen LogP) is 2.68. The maximum Gasteiger partial charge on any atom is 0.274 e. The van der Waals surface area contributed by atoms with Crippen molar-refractivity contribution in [1.82, 2.24) is 20.0 Å². The summed E-state index contributed by atoms with van der Waals surface area (Å²) in [5.74, 6) is 1.01. The number of carbonyl (C=O) groups is 1. The lowest BCUT2D eigenvalue weighted by Gasteiger charge is -2.28. The van der Waals surface area contributed by atoms with E-state index in [2.05, 4.69) is 10.4 Å². The van der Waals surface area contributed by atoms with E-state index in [1.807, 2.05) is 16.6 Å². The third-order valence-electron chi connectivity index (χ3n) is 6.47. The van der Waals surface area contributed by atoms with E-state index >= 15 is 0 Å². The number of hydrogen-bond acceptors (Lipinski definition) is 3. The van der Waals surface area contributed by atoms with Crippen LogP contribution in [0.3, 0.4) is 0 Å². The maximum absolute atomic E-state index is 12.9. The largest absolute Gasteiger partial charge is 0.337 e. The van der Waals surface area contributed by atoms with E-state index in [-0.39, 0.29) is 5.91 Å². The van der Waals surface area contributed by atoms with Crippen LogP contribution in [-0.4, -0.2) is 46.3 Å². The van der Waals surface area contributed by atoms with Crippen molar-refractivity contribution in [2.75, 3.05) is 19.6 Å². The van der Waals surface area contributed by atoms with Gasteiger partial charge in [0.25, 0.3) is 5.91 Å². The van der Waals surface area contributed by atoms with Crippen LogP contribution < -0.4 is 5.32 Å². The van der Waals surface area contributed by atoms with Crippen LogP contribution in [0.5, 0.6) is 0 Å². The third-order valence-corrected chi connectivity index (χ3v) is 6.47. The van der Waals surface area contributed by atoms with Crippen molar-refractivity contribution < 1.29 is 4.79 Å². The molecule has 1 amide bonds. The second kappa shape index (κ2) is 7.48. The molecule has 0 radical (unpaired) electrons. The molecule has 1 saturated carbocycles. The van der Waals surface area contributed by atoms with E-state index in [4.69, 9.17) is 0 Å². The summed E-state index contributed by atoms with van der Waals surface area (Å²) < 4.78 is 1.95. The molecule has 0 bridgehead atoms. The molecule has 1 aliphatic heterocycles. The minimum Gasteiger partial charge on any atom is -0.337 e. The van der Waals surface area contributed by atoms with E-state index in [1.165, 1.54) is 43.4 Å². The lowest BCUT2D eigenvalue weighted by molar-refractivity contribution is 0.0785. The van der Waals surface area contributed by atoms with E-state index < -0.39 is 0 Å². The SMILES string of the molecule is Cn1nc(C(=O)N2CCCC2)c2c1CCC(NCC1CCCCC1)C2. The Morgan fingerprint density at radius 1 is 1.12 bits per heavy atom. The molecule has 1 N–H and O–H groups in total. The van der Waals surface area contributed by atoms with Gasteiger partial charge < -0.3 is 10.2 Å². The Bertz CT molecular complexity index is 611. The van der Waals surface area contributed by atoms with Gasteiger partial charge in [0.05, 0.1) is 0 Å². The predicted molar refractivity (Wildman–Crippen MR) is 98.7 cm³/mol. The molecule has 1 aromatic heterocycles. The van der Waals surface area contributed by atoms with Crippen LogP contribution >= 0.6 is 0 Å². The second-order valence-corrected chi connectivity index (χ2v) is 8.25. The Labute approximate surface area is 151 Å². The van der Waals surface area contributed by atoms with Crippen molar-refractivity contribution in [3.05, 3.63) is 17.0 Å². The smallest absolute Gasteiger partial charge is 0.274 e. The van der Waals surface area contributed by atoms with Gasteiger partial charge in [0.15, 0.2) is 5.69 Å². The number of hydrogen-bond donors (Lipinski definition) is 1. The van der Waals surface area contributed by atoms with Crippen molar-refractivity contribution in [3.63, 3.8) is 0 Å². The molecule has 5 heteroatoms. The summed E-state index contributed by atoms with van der Waals surface area (Å²) in [4.78, 5) is 14.9. The van der Waals surface area contributed by atoms with E-state index in [0.717, 1.165) is 63.4 Å². The van der Waals surface area contributed by atoms with Gasteiger partial charge >= 0.3 is 0 Å². The van der Waals surface area contributed by atoms with Gasteiger partial charge in [0.1, 0.15) is 0 Å². The highest BCUT2D eigenvalue weighted by atomic mass is 16.2. The Kier molecular flexibility index (Phi) is 5.11. The highest BCUT2D eigenvalue weighted by molar-refractivity contribution is 5.94. The fraction of sp³-hybridized carbons (Fsp3) is 0.800. The van der Waals surface area contributed by atoms with Crippen molar-refractivity contribution in [3.8, 4) is 0 Å². The average molecular weight is 345 g/mol. The number of aromatic nitrogens is 2. The number of fused-ring (bicyclic) bond motifs is 1. The number of carbonyl (C=O) groups excluding carboxylic acids is 1. The van der Waals surface area contributed by atoms with Gasteiger partial charge in [-0.05, 0) is 57.4 Å². The topological polar surface area (TPSA) is 50.2 Å². The quantitative estimate of drug-likeness (QED) is 0.914. The van der Waals surface area contributed by atoms with Gasteiger partial charge in [0, 0.05) is 37.4 Å². The van der Waals surface area contributed by atoms with Gasteiger partial charge in [0.2, 0.25) is 0 Å². The zero-order valence-corrected chi connectivity index (χ0v) is 15.6. The average Bonchev–Trinajstić information content (AvgIpc) is 3.29. The zero-order valence-electron chi connectivity index (χ0n) is 15.6. The van der Waals surface area contributed by atoms with Crippen molar-refractivity contribution in [1.29, 1.82) is 0 Å². The van der Waals surface area contributed by atoms with Crippen LogP contribution in [0.2, 0.25) is 0 Å². The number of nitrogens with zero attached hydrogens (tertiary/aromatic N) is 3. The summed E-state index contributed by atoms with van der Waals surface area (Å²) in [5.41, 5.74) is 3.22. The molecule has 138 valence electrons. The molecular weight excluding hydrogens is 312 g/mol. The van der Waals surface area contributed by atoms with Crippen LogP contribution in [0.15, 0.2) is 0 Å². The van der Waals surface area contributed by atoms with Crippen LogP contribution in [0, 0.1) is 5.92 Å². The van der Waals surface area contributed by atoms with Gasteiger partial charge in [-0.3, -0.25) is 9.48 Å². The minimum atomic E-state index is 0.155. The molecule has 2 fully saturated rings. The molecule has 25 heavy (non-hydrogen) atoms. The standard InChI is InChI=1S/C20H32N4O/c1-23-18-10-9-16(21-14-15-7-3-2-4-8-15)13-17(18)19(22-23)20(25)24-11-5-6-12-24/h15-16,21H,2-14H2,1H3. The Morgan fingerprint density at radius 2 is 1.88 bits per heavy atom. The van der Waals surface area contributed by atoms with Gasteiger partial charge in [-0.2, -0.15) is 5.10 Å². The molecule has 0 spiro atoms. The summed E-state index contributed by atoms with van der Waals surface area (Å²) in [7, 11) is 2.00. The molecule has 5 nitrogen and oxygen atoms in total. The fourth-order valence-corrected chi connectivity index (χ4v) is 4.93. The number of nitrogens with one attached hydrogen (secondary N) is 1. The lowest BCUT2D eigenvalue weighted by Crippen LogP contribution is -2.39. The van der Waals surface area contributed by atoms with Crippen LogP contribution in [0.1, 0.15) is 73.1 Å². The lowest BCUT2D eigenvalue weighted by atomic mass is 9.87. The molecular formula is C20H32N4O. The molecule has 4 rings (SSSR count). The monoisotopic (exact) mass is 344 g/mol. The third kappa shape index (κ3) is 3.62. The maximum atomic E-state index is 12.9. The number of likely N-dealkylation sites (tertiary alicyclic amines) is 1. The normalized spacial score (nSPS) is 24.5. The first-order valence-corrected chi connectivity index (χ1v) is 10.3. The molecule has 0 aromatic carbocycles. The zero-order chi connectivity index (χ0) is 17.2. The molecule has 1 atom stereocenters. The molecule has 2 aliphatic carbocycles. The summed E-state index contributed by atoms with van der Waals surface area (Å²) in [5, 5.41) is 8.43. The highest BCUT2D eigenvalue weighted by Gasteiger charge is 2.31. The van der Waals surface area contributed by atoms with Crippen molar-refractivity contribution >= 4 is 5.91 Å². The Balaban J connectivity index is 1.43. The Morgan fingerprint density at radius 3 is 2.64 bits per heavy atom. The van der Waals surface area contributed by atoms with Crippen LogP contribution in [-0.2, 0) is 19.9 Å². The first-order chi connectivity index (χ1) is 12.2. The van der Waals surface area contributed by atoms with Gasteiger partial charge in [-0.1, -0.05) is 19.3 Å². The van der Waals surface area contributed by atoms with E-state index in [0.29, 0.717) is 6.04 Å². The first-order valence-electron chi connectivity index (χ1n) is 10.3. The number of aryl methyl sites for hydroxylation is 1. The van der Waals surface area contributed by atoms with Gasteiger partial charge in [-0.25, -0.2) is 0 Å². The molecule has 1 saturated heterocycles. The number of rotatable bonds is 4. The first kappa shape index (κ1) is 17.1. The molecule has 1 aromatic rings. The van der Waals surface area contributed by atoms with E-state index in [1.54, 1.807) is 0 Å². The Hall–Kier alpha value is -1.36. The van der Waals surface area contributed by atoms with Crippen molar-refractivity contribution in [2.45, 2.75) is 70.3 Å². The highest BCUT2D eigenvalue weighted by Crippen LogP contribution is 2.27. The molecule has 3 aliphatic rings. The minimum absolute atomic E-state index is 0.155. The van der Waals surface area contributed by atoms with Crippen LogP contribution in [0.25, 0.3) is 0 Å². The summed E-state index contributed by atoms with van der Waals surface area (Å²) in [6, 6.07) is 0.503. The number of amides is 1.